The highest BCUT2D eigenvalue weighted by molar-refractivity contribution is 9.10. The van der Waals surface area contributed by atoms with Crippen LogP contribution >= 0.6 is 15.9 Å². The van der Waals surface area contributed by atoms with Gasteiger partial charge < -0.3 is 5.11 Å². The molecule has 0 radical (unpaired) electrons. The van der Waals surface area contributed by atoms with Gasteiger partial charge in [0.2, 0.25) is 0 Å². The Balaban J connectivity index is 2.45. The smallest absolute Gasteiger partial charge is 0.170 e. The maximum Gasteiger partial charge on any atom is 0.170 e. The predicted molar refractivity (Wildman–Crippen MR) is 90.3 cm³/mol. The summed E-state index contributed by atoms with van der Waals surface area (Å²) in [6, 6.07) is 2.08. The second kappa shape index (κ2) is 6.37. The van der Waals surface area contributed by atoms with E-state index in [1.807, 2.05) is 20.8 Å². The number of aliphatic hydroxyl groups is 1. The number of carbonyl (C=O) groups excluding carboxylic acids is 2. The number of aliphatic hydroxyl groups excluding tert-OH is 1. The molecule has 3 nitrogen and oxygen atoms in total. The van der Waals surface area contributed by atoms with Crippen molar-refractivity contribution in [1.29, 1.82) is 0 Å². The fourth-order valence-corrected chi connectivity index (χ4v) is 3.71. The molecule has 0 atom stereocenters. The second-order valence-corrected chi connectivity index (χ2v) is 6.78. The molecule has 1 aliphatic carbocycles. The average molecular weight is 365 g/mol. The van der Waals surface area contributed by atoms with E-state index in [0.717, 1.165) is 26.7 Å². The van der Waals surface area contributed by atoms with Crippen molar-refractivity contribution in [3.63, 3.8) is 0 Å². The standard InChI is InChI=1S/C18H21BrO3/c1-5-13(20)17-14(21)7-12(8-15(17)22)16-9(2)6-10(3)18(19)11(16)4/h6,12,20H,5,7-8H2,1-4H3. The minimum absolute atomic E-state index is 0.0141. The molecule has 0 saturated heterocycles. The van der Waals surface area contributed by atoms with Crippen LogP contribution in [0.2, 0.25) is 0 Å². The van der Waals surface area contributed by atoms with Crippen LogP contribution in [-0.4, -0.2) is 16.7 Å². The summed E-state index contributed by atoms with van der Waals surface area (Å²) < 4.78 is 1.03. The van der Waals surface area contributed by atoms with Crippen molar-refractivity contribution in [2.24, 2.45) is 0 Å². The third kappa shape index (κ3) is 2.89. The van der Waals surface area contributed by atoms with Crippen molar-refractivity contribution in [2.75, 3.05) is 0 Å². The Morgan fingerprint density at radius 1 is 1.18 bits per heavy atom. The lowest BCUT2D eigenvalue weighted by molar-refractivity contribution is -0.124. The van der Waals surface area contributed by atoms with Crippen LogP contribution in [0.25, 0.3) is 0 Å². The van der Waals surface area contributed by atoms with E-state index < -0.39 is 0 Å². The molecule has 1 aromatic rings. The number of halogens is 1. The monoisotopic (exact) mass is 364 g/mol. The lowest BCUT2D eigenvalue weighted by atomic mass is 9.76. The first kappa shape index (κ1) is 16.9. The average Bonchev–Trinajstić information content (AvgIpc) is 2.44. The Hall–Kier alpha value is -1.42. The van der Waals surface area contributed by atoms with E-state index in [1.54, 1.807) is 6.92 Å². The van der Waals surface area contributed by atoms with Crippen LogP contribution < -0.4 is 0 Å². The first-order valence-electron chi connectivity index (χ1n) is 7.52. The summed E-state index contributed by atoms with van der Waals surface area (Å²) >= 11 is 3.59. The van der Waals surface area contributed by atoms with E-state index in [9.17, 15) is 14.7 Å². The highest BCUT2D eigenvalue weighted by atomic mass is 79.9. The van der Waals surface area contributed by atoms with Crippen molar-refractivity contribution in [2.45, 2.75) is 52.9 Å². The molecule has 0 unspecified atom stereocenters. The van der Waals surface area contributed by atoms with Crippen LogP contribution in [0.5, 0.6) is 0 Å². The van der Waals surface area contributed by atoms with Crippen molar-refractivity contribution < 1.29 is 14.7 Å². The molecule has 1 aliphatic rings. The van der Waals surface area contributed by atoms with E-state index in [4.69, 9.17) is 0 Å². The van der Waals surface area contributed by atoms with Crippen LogP contribution in [0.1, 0.15) is 54.4 Å². The van der Waals surface area contributed by atoms with Crippen LogP contribution in [0.4, 0.5) is 0 Å². The summed E-state index contributed by atoms with van der Waals surface area (Å²) in [7, 11) is 0. The molecule has 1 saturated carbocycles. The van der Waals surface area contributed by atoms with Gasteiger partial charge in [0.1, 0.15) is 5.76 Å². The van der Waals surface area contributed by atoms with Crippen LogP contribution in [0.15, 0.2) is 21.9 Å². The van der Waals surface area contributed by atoms with Gasteiger partial charge in [0.05, 0.1) is 5.57 Å². The summed E-state index contributed by atoms with van der Waals surface area (Å²) in [4.78, 5) is 24.6. The van der Waals surface area contributed by atoms with Crippen molar-refractivity contribution in [3.8, 4) is 0 Å². The quantitative estimate of drug-likeness (QED) is 0.473. The molecule has 0 amide bonds. The van der Waals surface area contributed by atoms with Crippen molar-refractivity contribution >= 4 is 27.5 Å². The molecule has 0 heterocycles. The Bertz CT molecular complexity index is 666. The number of hydrogen-bond acceptors (Lipinski definition) is 3. The number of rotatable bonds is 2. The van der Waals surface area contributed by atoms with E-state index in [1.165, 1.54) is 0 Å². The van der Waals surface area contributed by atoms with E-state index >= 15 is 0 Å². The Morgan fingerprint density at radius 2 is 1.73 bits per heavy atom. The number of benzene rings is 1. The van der Waals surface area contributed by atoms with Crippen molar-refractivity contribution in [3.05, 3.63) is 44.1 Å². The van der Waals surface area contributed by atoms with E-state index in [-0.39, 0.29) is 41.7 Å². The van der Waals surface area contributed by atoms with Gasteiger partial charge in [-0.1, -0.05) is 28.9 Å². The molecule has 4 heteroatoms. The lowest BCUT2D eigenvalue weighted by Gasteiger charge is -2.26. The molecule has 2 rings (SSSR count). The van der Waals surface area contributed by atoms with Gasteiger partial charge in [-0.15, -0.1) is 0 Å². The molecule has 0 bridgehead atoms. The summed E-state index contributed by atoms with van der Waals surface area (Å²) in [6.07, 6.45) is 0.871. The van der Waals surface area contributed by atoms with Gasteiger partial charge in [0.15, 0.2) is 11.6 Å². The summed E-state index contributed by atoms with van der Waals surface area (Å²) in [5.74, 6) is -0.663. The van der Waals surface area contributed by atoms with Crippen LogP contribution in [0, 0.1) is 20.8 Å². The number of carbonyl (C=O) groups is 2. The number of hydrogen-bond donors (Lipinski definition) is 1. The first-order valence-corrected chi connectivity index (χ1v) is 8.31. The lowest BCUT2D eigenvalue weighted by Crippen LogP contribution is -2.27. The maximum atomic E-state index is 12.3. The van der Waals surface area contributed by atoms with E-state index in [2.05, 4.69) is 22.0 Å². The van der Waals surface area contributed by atoms with Gasteiger partial charge >= 0.3 is 0 Å². The molecule has 0 spiro atoms. The molecule has 0 aliphatic heterocycles. The van der Waals surface area contributed by atoms with Gasteiger partial charge in [0, 0.05) is 23.7 Å². The van der Waals surface area contributed by atoms with E-state index in [0.29, 0.717) is 6.42 Å². The maximum absolute atomic E-state index is 12.3. The molecular weight excluding hydrogens is 344 g/mol. The molecule has 0 aromatic heterocycles. The second-order valence-electron chi connectivity index (χ2n) is 5.99. The molecule has 118 valence electrons. The third-order valence-corrected chi connectivity index (χ3v) is 5.61. The van der Waals surface area contributed by atoms with Crippen molar-refractivity contribution in [1.82, 2.24) is 0 Å². The summed E-state index contributed by atoms with van der Waals surface area (Å²) in [5.41, 5.74) is 4.44. The number of allylic oxidation sites excluding steroid dienone is 2. The highest BCUT2D eigenvalue weighted by Gasteiger charge is 2.35. The van der Waals surface area contributed by atoms with Gasteiger partial charge in [-0.25, -0.2) is 0 Å². The summed E-state index contributed by atoms with van der Waals surface area (Å²) in [5, 5.41) is 9.80. The molecule has 1 aromatic carbocycles. The molecule has 1 fully saturated rings. The minimum atomic E-state index is -0.240. The van der Waals surface area contributed by atoms with Gasteiger partial charge in [-0.3, -0.25) is 9.59 Å². The molecule has 1 N–H and O–H groups in total. The molecule has 22 heavy (non-hydrogen) atoms. The number of ketones is 2. The SMILES string of the molecule is CCC(O)=C1C(=O)CC(c2c(C)cc(C)c(Br)c2C)CC1=O. The zero-order valence-corrected chi connectivity index (χ0v) is 15.0. The fraction of sp³-hybridized carbons (Fsp3) is 0.444. The zero-order chi connectivity index (χ0) is 16.6. The predicted octanol–water partition coefficient (Wildman–Crippen LogP) is 4.61. The Kier molecular flexibility index (Phi) is 4.90. The van der Waals surface area contributed by atoms with Crippen LogP contribution in [0.3, 0.4) is 0 Å². The fourth-order valence-electron chi connectivity index (χ4n) is 3.39. The Labute approximate surface area is 139 Å². The first-order chi connectivity index (χ1) is 10.3. The minimum Gasteiger partial charge on any atom is -0.511 e. The zero-order valence-electron chi connectivity index (χ0n) is 13.4. The number of aryl methyl sites for hydroxylation is 2. The van der Waals surface area contributed by atoms with Gasteiger partial charge in [-0.05, 0) is 48.9 Å². The third-order valence-electron chi connectivity index (χ3n) is 4.39. The topological polar surface area (TPSA) is 54.4 Å². The Morgan fingerprint density at radius 3 is 2.23 bits per heavy atom. The van der Waals surface area contributed by atoms with Gasteiger partial charge in [0.25, 0.3) is 0 Å². The normalized spacial score (nSPS) is 18.8. The van der Waals surface area contributed by atoms with Gasteiger partial charge in [-0.2, -0.15) is 0 Å². The largest absolute Gasteiger partial charge is 0.511 e. The summed E-state index contributed by atoms with van der Waals surface area (Å²) in [6.45, 7) is 7.81. The molecular formula is C18H21BrO3. The van der Waals surface area contributed by atoms with Crippen LogP contribution in [-0.2, 0) is 9.59 Å². The number of Topliss-reactive ketones (excluding diaryl/α,β-unsaturated/α-hetero) is 2. The highest BCUT2D eigenvalue weighted by Crippen LogP contribution is 2.39.